The maximum atomic E-state index is 6.02. The van der Waals surface area contributed by atoms with E-state index >= 15 is 0 Å². The fraction of sp³-hybridized carbons (Fsp3) is 0.0526. The van der Waals surface area contributed by atoms with E-state index in [1.54, 1.807) is 0 Å². The average molecular weight is 353 g/mol. The second-order valence-electron chi connectivity index (χ2n) is 5.55. The van der Waals surface area contributed by atoms with Crippen LogP contribution in [0.25, 0.3) is 11.3 Å². The van der Waals surface area contributed by atoms with E-state index in [-0.39, 0.29) is 0 Å². The maximum absolute atomic E-state index is 6.02. The fourth-order valence-corrected chi connectivity index (χ4v) is 3.32. The van der Waals surface area contributed by atoms with Crippen LogP contribution in [0.2, 0.25) is 5.02 Å². The van der Waals surface area contributed by atoms with Crippen LogP contribution in [-0.2, 0) is 6.54 Å². The Morgan fingerprint density at radius 3 is 2.33 bits per heavy atom. The van der Waals surface area contributed by atoms with Crippen molar-refractivity contribution in [1.82, 2.24) is 9.20 Å². The molecule has 4 rings (SSSR count). The third-order valence-corrected chi connectivity index (χ3v) is 4.62. The normalized spacial score (nSPS) is 11.0. The molecule has 0 N–H and O–H groups in total. The van der Waals surface area contributed by atoms with E-state index in [2.05, 4.69) is 27.3 Å². The van der Waals surface area contributed by atoms with Crippen LogP contribution < -0.4 is 4.57 Å². The molecule has 2 aromatic heterocycles. The lowest BCUT2D eigenvalue weighted by molar-refractivity contribution is -0.670. The fourth-order valence-electron chi connectivity index (χ4n) is 2.84. The number of halogens is 1. The minimum atomic E-state index is 0.711. The van der Waals surface area contributed by atoms with Gasteiger partial charge in [-0.1, -0.05) is 52.7 Å². The predicted molar refractivity (Wildman–Crippen MR) is 98.3 cm³/mol. The molecule has 0 saturated carbocycles. The molecule has 0 amide bonds. The Morgan fingerprint density at radius 1 is 0.875 bits per heavy atom. The minimum absolute atomic E-state index is 0.711. The van der Waals surface area contributed by atoms with Gasteiger partial charge in [-0.25, -0.2) is 4.57 Å². The van der Waals surface area contributed by atoms with Crippen molar-refractivity contribution in [2.45, 2.75) is 6.54 Å². The van der Waals surface area contributed by atoms with E-state index in [0.717, 1.165) is 22.7 Å². The van der Waals surface area contributed by atoms with Crippen LogP contribution >= 0.6 is 23.8 Å². The van der Waals surface area contributed by atoms with Gasteiger partial charge in [0.25, 0.3) is 5.65 Å². The summed E-state index contributed by atoms with van der Waals surface area (Å²) in [6.07, 6.45) is 2.02. The Kier molecular flexibility index (Phi) is 3.92. The zero-order valence-corrected chi connectivity index (χ0v) is 14.4. The highest BCUT2D eigenvalue weighted by molar-refractivity contribution is 7.71. The molecule has 0 bridgehead atoms. The second kappa shape index (κ2) is 6.23. The van der Waals surface area contributed by atoms with Gasteiger partial charge in [0.1, 0.15) is 11.9 Å². The molecule has 0 unspecified atom stereocenters. The molecule has 0 aliphatic carbocycles. The second-order valence-corrected chi connectivity index (χ2v) is 6.35. The Balaban J connectivity index is 1.94. The molecule has 118 valence electrons. The van der Waals surface area contributed by atoms with E-state index in [1.165, 1.54) is 5.56 Å². The summed E-state index contributed by atoms with van der Waals surface area (Å²) in [6, 6.07) is 24.1. The SMILES string of the molecule is S=c1n(-c2ccc(Cl)cc2)n2ccccc2[n+]1Cc1ccccc1. The van der Waals surface area contributed by atoms with Gasteiger partial charge in [0.15, 0.2) is 0 Å². The van der Waals surface area contributed by atoms with Crippen LogP contribution in [-0.4, -0.2) is 9.20 Å². The van der Waals surface area contributed by atoms with Crippen molar-refractivity contribution in [3.63, 3.8) is 0 Å². The first-order valence-corrected chi connectivity index (χ1v) is 8.45. The number of aromatic nitrogens is 3. The van der Waals surface area contributed by atoms with Crippen molar-refractivity contribution in [3.05, 3.63) is 94.4 Å². The number of fused-ring (bicyclic) bond motifs is 1. The summed E-state index contributed by atoms with van der Waals surface area (Å²) in [7, 11) is 0. The number of hydrogen-bond donors (Lipinski definition) is 0. The number of hydrogen-bond acceptors (Lipinski definition) is 1. The molecular weight excluding hydrogens is 338 g/mol. The highest BCUT2D eigenvalue weighted by atomic mass is 35.5. The highest BCUT2D eigenvalue weighted by Crippen LogP contribution is 2.15. The van der Waals surface area contributed by atoms with Gasteiger partial charge in [0.05, 0.1) is 6.54 Å². The zero-order chi connectivity index (χ0) is 16.5. The van der Waals surface area contributed by atoms with Crippen molar-refractivity contribution in [3.8, 4) is 5.69 Å². The molecular formula is C19H15ClN3S+. The van der Waals surface area contributed by atoms with Crippen molar-refractivity contribution in [2.75, 3.05) is 0 Å². The lowest BCUT2D eigenvalue weighted by Gasteiger charge is -1.98. The number of pyridine rings is 1. The molecule has 0 spiro atoms. The Hall–Kier alpha value is -2.43. The quantitative estimate of drug-likeness (QED) is 0.392. The van der Waals surface area contributed by atoms with Crippen LogP contribution in [0.4, 0.5) is 0 Å². The topological polar surface area (TPSA) is 13.2 Å². The molecule has 3 nitrogen and oxygen atoms in total. The van der Waals surface area contributed by atoms with Crippen LogP contribution in [0, 0.1) is 4.77 Å². The summed E-state index contributed by atoms with van der Waals surface area (Å²) in [4.78, 5) is 0. The zero-order valence-electron chi connectivity index (χ0n) is 12.8. The van der Waals surface area contributed by atoms with Crippen LogP contribution in [0.3, 0.4) is 0 Å². The Bertz CT molecular complexity index is 1050. The first-order valence-electron chi connectivity index (χ1n) is 7.66. The monoisotopic (exact) mass is 352 g/mol. The summed E-state index contributed by atoms with van der Waals surface area (Å²) in [5.41, 5.74) is 3.24. The third kappa shape index (κ3) is 2.64. The van der Waals surface area contributed by atoms with Gasteiger partial charge < -0.3 is 0 Å². The molecule has 0 aliphatic heterocycles. The third-order valence-electron chi connectivity index (χ3n) is 3.98. The van der Waals surface area contributed by atoms with Crippen molar-refractivity contribution in [1.29, 1.82) is 0 Å². The first-order chi connectivity index (χ1) is 11.7. The molecule has 5 heteroatoms. The summed E-state index contributed by atoms with van der Waals surface area (Å²) in [5, 5.41) is 0.711. The molecule has 2 aromatic carbocycles. The van der Waals surface area contributed by atoms with E-state index in [4.69, 9.17) is 23.8 Å². The first kappa shape index (κ1) is 15.1. The van der Waals surface area contributed by atoms with E-state index in [1.807, 2.05) is 65.5 Å². The van der Waals surface area contributed by atoms with Crippen molar-refractivity contribution >= 4 is 29.5 Å². The molecule has 0 radical (unpaired) electrons. The standard InChI is InChI=1S/C19H15ClN3S/c20-16-9-11-17(12-10-16)23-19(24)21(14-15-6-2-1-3-7-15)18-8-4-5-13-22(18)23/h1-13H,14H2/q+1. The van der Waals surface area contributed by atoms with Gasteiger partial charge >= 0.3 is 4.77 Å². The van der Waals surface area contributed by atoms with Crippen molar-refractivity contribution < 1.29 is 4.57 Å². The van der Waals surface area contributed by atoms with E-state index in [9.17, 15) is 0 Å². The van der Waals surface area contributed by atoms with Gasteiger partial charge in [-0.05, 0) is 48.1 Å². The molecule has 24 heavy (non-hydrogen) atoms. The summed E-state index contributed by atoms with van der Waals surface area (Å²) in [5.74, 6) is 0. The smallest absolute Gasteiger partial charge is 0.213 e. The number of rotatable bonds is 3. The lowest BCUT2D eigenvalue weighted by atomic mass is 10.2. The van der Waals surface area contributed by atoms with E-state index in [0.29, 0.717) is 5.02 Å². The summed E-state index contributed by atoms with van der Waals surface area (Å²) >= 11 is 11.8. The molecule has 4 aromatic rings. The van der Waals surface area contributed by atoms with Gasteiger partial charge in [0, 0.05) is 11.1 Å². The number of benzene rings is 2. The van der Waals surface area contributed by atoms with E-state index < -0.39 is 0 Å². The maximum Gasteiger partial charge on any atom is 0.332 e. The van der Waals surface area contributed by atoms with Gasteiger partial charge in [-0.2, -0.15) is 0 Å². The predicted octanol–water partition coefficient (Wildman–Crippen LogP) is 4.45. The average Bonchev–Trinajstić information content (AvgIpc) is 2.89. The molecule has 0 fully saturated rings. The largest absolute Gasteiger partial charge is 0.332 e. The molecule has 0 saturated heterocycles. The molecule has 0 atom stereocenters. The molecule has 0 aliphatic rings. The molecule has 2 heterocycles. The summed E-state index contributed by atoms with van der Waals surface area (Å²) in [6.45, 7) is 0.730. The van der Waals surface area contributed by atoms with Gasteiger partial charge in [0.2, 0.25) is 0 Å². The van der Waals surface area contributed by atoms with Crippen LogP contribution in [0.15, 0.2) is 79.0 Å². The van der Waals surface area contributed by atoms with Crippen molar-refractivity contribution in [2.24, 2.45) is 0 Å². The summed E-state index contributed by atoms with van der Waals surface area (Å²) < 4.78 is 6.96. The van der Waals surface area contributed by atoms with Crippen LogP contribution in [0.1, 0.15) is 5.56 Å². The Morgan fingerprint density at radius 2 is 1.58 bits per heavy atom. The number of nitrogens with zero attached hydrogens (tertiary/aromatic N) is 3. The Labute approximate surface area is 150 Å². The lowest BCUT2D eigenvalue weighted by Crippen LogP contribution is -2.35. The van der Waals surface area contributed by atoms with Gasteiger partial charge in [-0.3, -0.25) is 0 Å². The van der Waals surface area contributed by atoms with Crippen LogP contribution in [0.5, 0.6) is 0 Å². The van der Waals surface area contributed by atoms with Gasteiger partial charge in [-0.15, -0.1) is 4.52 Å². The minimum Gasteiger partial charge on any atom is -0.213 e. The highest BCUT2D eigenvalue weighted by Gasteiger charge is 2.19.